The van der Waals surface area contributed by atoms with Gasteiger partial charge in [0.05, 0.1) is 13.2 Å². The highest BCUT2D eigenvalue weighted by atomic mass is 32.1. The lowest BCUT2D eigenvalue weighted by Gasteiger charge is -2.27. The molecule has 86 valence electrons. The van der Waals surface area contributed by atoms with Gasteiger partial charge in [0.1, 0.15) is 10.7 Å². The number of nitrogens with one attached hydrogen (secondary N) is 1. The van der Waals surface area contributed by atoms with Crippen LogP contribution in [0.4, 0.5) is 5.82 Å². The third kappa shape index (κ3) is 2.63. The largest absolute Gasteiger partial charge is 0.388 e. The molecule has 0 radical (unpaired) electrons. The van der Waals surface area contributed by atoms with E-state index in [-0.39, 0.29) is 4.99 Å². The highest BCUT2D eigenvalue weighted by Crippen LogP contribution is 2.10. The molecule has 3 N–H and O–H groups in total. The summed E-state index contributed by atoms with van der Waals surface area (Å²) < 4.78 is 5.25. The number of nitrogens with two attached hydrogens (primary N) is 1. The number of morpholine rings is 1. The number of hydrazine groups is 1. The van der Waals surface area contributed by atoms with Gasteiger partial charge < -0.3 is 15.9 Å². The van der Waals surface area contributed by atoms with Crippen LogP contribution in [0.1, 0.15) is 5.69 Å². The van der Waals surface area contributed by atoms with E-state index < -0.39 is 0 Å². The summed E-state index contributed by atoms with van der Waals surface area (Å²) in [6.45, 7) is 3.01. The van der Waals surface area contributed by atoms with Gasteiger partial charge in [0.15, 0.2) is 5.82 Å². The van der Waals surface area contributed by atoms with E-state index in [2.05, 4.69) is 15.4 Å². The Kier molecular flexibility index (Phi) is 3.60. The molecule has 1 aliphatic heterocycles. The second-order valence-electron chi connectivity index (χ2n) is 3.33. The van der Waals surface area contributed by atoms with Crippen LogP contribution >= 0.6 is 12.2 Å². The van der Waals surface area contributed by atoms with Crippen molar-refractivity contribution >= 4 is 23.0 Å². The Balaban J connectivity index is 2.10. The van der Waals surface area contributed by atoms with Crippen molar-refractivity contribution in [3.8, 4) is 0 Å². The molecule has 0 aliphatic carbocycles. The van der Waals surface area contributed by atoms with Crippen LogP contribution < -0.4 is 11.2 Å². The van der Waals surface area contributed by atoms with Crippen LogP contribution in [0.2, 0.25) is 0 Å². The summed E-state index contributed by atoms with van der Waals surface area (Å²) in [5.41, 5.74) is 9.23. The molecule has 0 aromatic carbocycles. The van der Waals surface area contributed by atoms with Crippen molar-refractivity contribution in [1.29, 1.82) is 0 Å². The molecule has 0 bridgehead atoms. The topological polar surface area (TPSA) is 76.3 Å². The first kappa shape index (κ1) is 11.2. The molecule has 1 fully saturated rings. The third-order valence-electron chi connectivity index (χ3n) is 2.21. The number of hydrogen-bond acceptors (Lipinski definition) is 6. The van der Waals surface area contributed by atoms with Gasteiger partial charge in [-0.3, -0.25) is 0 Å². The molecule has 2 heterocycles. The summed E-state index contributed by atoms with van der Waals surface area (Å²) in [6.07, 6.45) is 3.17. The molecule has 2 rings (SSSR count). The average molecular weight is 239 g/mol. The predicted octanol–water partition coefficient (Wildman–Crippen LogP) is -0.230. The van der Waals surface area contributed by atoms with E-state index in [1.165, 1.54) is 0 Å². The van der Waals surface area contributed by atoms with E-state index in [1.54, 1.807) is 12.4 Å². The van der Waals surface area contributed by atoms with Crippen LogP contribution in [0.15, 0.2) is 12.4 Å². The minimum absolute atomic E-state index is 0.240. The van der Waals surface area contributed by atoms with E-state index in [0.29, 0.717) is 24.7 Å². The van der Waals surface area contributed by atoms with Crippen molar-refractivity contribution in [2.75, 3.05) is 31.7 Å². The second kappa shape index (κ2) is 5.15. The van der Waals surface area contributed by atoms with Gasteiger partial charge in [-0.05, 0) is 0 Å². The van der Waals surface area contributed by atoms with E-state index >= 15 is 0 Å². The third-order valence-corrected chi connectivity index (χ3v) is 2.40. The van der Waals surface area contributed by atoms with Gasteiger partial charge in [0, 0.05) is 25.5 Å². The maximum Gasteiger partial charge on any atom is 0.169 e. The standard InChI is InChI=1S/C9H13N5OS/c10-8(16)7-9(12-2-1-11-7)13-14-3-5-15-6-4-14/h1-2H,3-6H2,(H2,10,16)(H,12,13). The van der Waals surface area contributed by atoms with Gasteiger partial charge in [-0.1, -0.05) is 12.2 Å². The van der Waals surface area contributed by atoms with Crippen LogP contribution in [-0.2, 0) is 4.74 Å². The molecule has 1 aromatic heterocycles. The maximum atomic E-state index is 5.57. The monoisotopic (exact) mass is 239 g/mol. The fourth-order valence-electron chi connectivity index (χ4n) is 1.43. The molecule has 0 unspecified atom stereocenters. The minimum atomic E-state index is 0.240. The first-order valence-corrected chi connectivity index (χ1v) is 5.38. The number of rotatable bonds is 3. The zero-order valence-corrected chi connectivity index (χ0v) is 9.54. The lowest BCUT2D eigenvalue weighted by Crippen LogP contribution is -2.41. The van der Waals surface area contributed by atoms with E-state index in [0.717, 1.165) is 13.1 Å². The second-order valence-corrected chi connectivity index (χ2v) is 3.77. The van der Waals surface area contributed by atoms with Crippen molar-refractivity contribution < 1.29 is 4.74 Å². The number of aromatic nitrogens is 2. The molecular weight excluding hydrogens is 226 g/mol. The summed E-state index contributed by atoms with van der Waals surface area (Å²) in [4.78, 5) is 8.50. The van der Waals surface area contributed by atoms with Crippen molar-refractivity contribution in [3.63, 3.8) is 0 Å². The Morgan fingerprint density at radius 3 is 2.75 bits per heavy atom. The van der Waals surface area contributed by atoms with Crippen LogP contribution in [0.3, 0.4) is 0 Å². The molecule has 1 aliphatic rings. The molecule has 1 saturated heterocycles. The van der Waals surface area contributed by atoms with Gasteiger partial charge in [0.25, 0.3) is 0 Å². The number of ether oxygens (including phenoxy) is 1. The molecule has 6 nitrogen and oxygen atoms in total. The van der Waals surface area contributed by atoms with E-state index in [4.69, 9.17) is 22.7 Å². The Labute approximate surface area is 98.8 Å². The Morgan fingerprint density at radius 1 is 1.38 bits per heavy atom. The summed E-state index contributed by atoms with van der Waals surface area (Å²) >= 11 is 4.91. The Bertz CT molecular complexity index is 380. The quantitative estimate of drug-likeness (QED) is 0.705. The normalized spacial score (nSPS) is 17.0. The highest BCUT2D eigenvalue weighted by molar-refractivity contribution is 7.80. The van der Waals surface area contributed by atoms with Crippen LogP contribution in [-0.4, -0.2) is 46.3 Å². The summed E-state index contributed by atoms with van der Waals surface area (Å²) in [5, 5.41) is 2.01. The Morgan fingerprint density at radius 2 is 2.06 bits per heavy atom. The number of thiocarbonyl (C=S) groups is 1. The van der Waals surface area contributed by atoms with Crippen LogP contribution in [0.5, 0.6) is 0 Å². The first-order chi connectivity index (χ1) is 7.77. The average Bonchev–Trinajstić information content (AvgIpc) is 2.31. The predicted molar refractivity (Wildman–Crippen MR) is 63.9 cm³/mol. The summed E-state index contributed by atoms with van der Waals surface area (Å²) in [6, 6.07) is 0. The number of nitrogens with zero attached hydrogens (tertiary/aromatic N) is 3. The Hall–Kier alpha value is -1.31. The van der Waals surface area contributed by atoms with Crippen LogP contribution in [0.25, 0.3) is 0 Å². The first-order valence-electron chi connectivity index (χ1n) is 4.97. The smallest absolute Gasteiger partial charge is 0.169 e. The zero-order chi connectivity index (χ0) is 11.4. The maximum absolute atomic E-state index is 5.57. The summed E-state index contributed by atoms with van der Waals surface area (Å²) in [7, 11) is 0. The molecule has 7 heteroatoms. The van der Waals surface area contributed by atoms with Crippen molar-refractivity contribution in [1.82, 2.24) is 15.0 Å². The lowest BCUT2D eigenvalue weighted by atomic mass is 10.4. The molecule has 1 aromatic rings. The van der Waals surface area contributed by atoms with Gasteiger partial charge >= 0.3 is 0 Å². The highest BCUT2D eigenvalue weighted by Gasteiger charge is 2.14. The van der Waals surface area contributed by atoms with Gasteiger partial charge in [-0.2, -0.15) is 0 Å². The van der Waals surface area contributed by atoms with Gasteiger partial charge in [0.2, 0.25) is 0 Å². The van der Waals surface area contributed by atoms with Gasteiger partial charge in [-0.15, -0.1) is 0 Å². The number of hydrogen-bond donors (Lipinski definition) is 2. The van der Waals surface area contributed by atoms with Crippen molar-refractivity contribution in [2.45, 2.75) is 0 Å². The summed E-state index contributed by atoms with van der Waals surface area (Å²) in [5.74, 6) is 0.594. The fourth-order valence-corrected chi connectivity index (χ4v) is 1.57. The van der Waals surface area contributed by atoms with E-state index in [1.807, 2.05) is 5.01 Å². The van der Waals surface area contributed by atoms with E-state index in [9.17, 15) is 0 Å². The molecule has 0 saturated carbocycles. The molecule has 0 atom stereocenters. The molecule has 0 spiro atoms. The molecule has 16 heavy (non-hydrogen) atoms. The number of anilines is 1. The van der Waals surface area contributed by atoms with Gasteiger partial charge in [-0.25, -0.2) is 15.0 Å². The molecule has 0 amide bonds. The SMILES string of the molecule is NC(=S)c1nccnc1NN1CCOCC1. The van der Waals surface area contributed by atoms with Crippen molar-refractivity contribution in [2.24, 2.45) is 5.73 Å². The minimum Gasteiger partial charge on any atom is -0.388 e. The van der Waals surface area contributed by atoms with Crippen LogP contribution in [0, 0.1) is 0 Å². The lowest BCUT2D eigenvalue weighted by molar-refractivity contribution is 0.0494. The van der Waals surface area contributed by atoms with Crippen molar-refractivity contribution in [3.05, 3.63) is 18.1 Å². The fraction of sp³-hybridized carbons (Fsp3) is 0.444. The molecular formula is C9H13N5OS. The zero-order valence-electron chi connectivity index (χ0n) is 8.72.